The summed E-state index contributed by atoms with van der Waals surface area (Å²) in [5.74, 6) is 0.0487. The number of halogens is 1. The van der Waals surface area contributed by atoms with Gasteiger partial charge in [-0.25, -0.2) is 0 Å². The number of pyridine rings is 1. The average Bonchev–Trinajstić information content (AvgIpc) is 2.56. The van der Waals surface area contributed by atoms with Crippen molar-refractivity contribution in [2.75, 3.05) is 13.1 Å². The molecule has 0 bridgehead atoms. The largest absolute Gasteiger partial charge is 0.335 e. The maximum absolute atomic E-state index is 12.5. The number of aromatic nitrogens is 1. The monoisotopic (exact) mass is 342 g/mol. The maximum atomic E-state index is 12.5. The fourth-order valence-corrected chi connectivity index (χ4v) is 2.91. The van der Waals surface area contributed by atoms with Crippen molar-refractivity contribution in [1.29, 1.82) is 0 Å². The van der Waals surface area contributed by atoms with Crippen molar-refractivity contribution >= 4 is 27.4 Å². The van der Waals surface area contributed by atoms with E-state index in [9.17, 15) is 4.79 Å². The Bertz CT molecular complexity index is 682. The Morgan fingerprint density at radius 3 is 2.67 bits per heavy atom. The second kappa shape index (κ2) is 6.22. The van der Waals surface area contributed by atoms with Crippen LogP contribution in [0.1, 0.15) is 22.3 Å². The van der Waals surface area contributed by atoms with E-state index in [-0.39, 0.29) is 5.91 Å². The van der Waals surface area contributed by atoms with Crippen LogP contribution in [0.5, 0.6) is 0 Å². The minimum atomic E-state index is 0.0487. The van der Waals surface area contributed by atoms with Gasteiger partial charge < -0.3 is 4.90 Å². The molecule has 21 heavy (non-hydrogen) atoms. The molecule has 0 radical (unpaired) electrons. The van der Waals surface area contributed by atoms with Gasteiger partial charge in [0, 0.05) is 30.0 Å². The first-order chi connectivity index (χ1) is 10.3. The van der Waals surface area contributed by atoms with Gasteiger partial charge >= 0.3 is 0 Å². The Kier molecular flexibility index (Phi) is 4.15. The van der Waals surface area contributed by atoms with E-state index in [0.717, 1.165) is 17.4 Å². The molecule has 0 atom stereocenters. The molecule has 0 spiro atoms. The fourth-order valence-electron chi connectivity index (χ4n) is 2.49. The summed E-state index contributed by atoms with van der Waals surface area (Å²) in [5.41, 5.74) is 3.23. The highest BCUT2D eigenvalue weighted by Crippen LogP contribution is 2.24. The lowest BCUT2D eigenvalue weighted by Gasteiger charge is -2.27. The molecule has 0 aliphatic carbocycles. The molecule has 1 aromatic carbocycles. The third-order valence-corrected chi connectivity index (χ3v) is 4.28. The van der Waals surface area contributed by atoms with Crippen LogP contribution in [0.2, 0.25) is 0 Å². The molecule has 0 unspecified atom stereocenters. The lowest BCUT2D eigenvalue weighted by Crippen LogP contribution is -2.34. The molecule has 0 N–H and O–H groups in total. The Labute approximate surface area is 132 Å². The van der Waals surface area contributed by atoms with Crippen LogP contribution >= 0.6 is 15.9 Å². The number of hydrogen-bond donors (Lipinski definition) is 0. The summed E-state index contributed by atoms with van der Waals surface area (Å²) in [6.45, 7) is 1.39. The quantitative estimate of drug-likeness (QED) is 0.832. The van der Waals surface area contributed by atoms with Gasteiger partial charge in [-0.15, -0.1) is 0 Å². The molecule has 1 aliphatic rings. The predicted molar refractivity (Wildman–Crippen MR) is 86.9 cm³/mol. The highest BCUT2D eigenvalue weighted by Gasteiger charge is 2.20. The van der Waals surface area contributed by atoms with Crippen molar-refractivity contribution in [3.63, 3.8) is 0 Å². The lowest BCUT2D eigenvalue weighted by molar-refractivity contribution is 0.0772. The van der Waals surface area contributed by atoms with Crippen LogP contribution in [0.15, 0.2) is 59.3 Å². The van der Waals surface area contributed by atoms with Crippen molar-refractivity contribution in [3.05, 3.63) is 70.5 Å². The number of amides is 1. The number of nitrogens with zero attached hydrogens (tertiary/aromatic N) is 2. The first-order valence-corrected chi connectivity index (χ1v) is 7.68. The molecule has 106 valence electrons. The van der Waals surface area contributed by atoms with Crippen LogP contribution in [0, 0.1) is 0 Å². The van der Waals surface area contributed by atoms with Crippen LogP contribution in [-0.2, 0) is 0 Å². The molecule has 0 saturated heterocycles. The van der Waals surface area contributed by atoms with Crippen molar-refractivity contribution in [2.45, 2.75) is 6.42 Å². The molecule has 3 rings (SSSR count). The van der Waals surface area contributed by atoms with Crippen LogP contribution < -0.4 is 0 Å². The summed E-state index contributed by atoms with van der Waals surface area (Å²) < 4.78 is 0.743. The summed E-state index contributed by atoms with van der Waals surface area (Å²) in [7, 11) is 0. The lowest BCUT2D eigenvalue weighted by atomic mass is 9.99. The Morgan fingerprint density at radius 2 is 2.00 bits per heavy atom. The van der Waals surface area contributed by atoms with Crippen LogP contribution in [-0.4, -0.2) is 28.9 Å². The zero-order valence-corrected chi connectivity index (χ0v) is 13.1. The van der Waals surface area contributed by atoms with Crippen molar-refractivity contribution in [1.82, 2.24) is 9.88 Å². The van der Waals surface area contributed by atoms with Gasteiger partial charge in [0.2, 0.25) is 0 Å². The smallest absolute Gasteiger partial charge is 0.255 e. The molecule has 2 heterocycles. The summed E-state index contributed by atoms with van der Waals surface area (Å²) in [6.07, 6.45) is 6.33. The van der Waals surface area contributed by atoms with Gasteiger partial charge in [0.05, 0.1) is 5.56 Å². The SMILES string of the molecule is O=C(c1ccncc1Br)N1CC=C(c2ccccc2)CC1. The molecular weight excluding hydrogens is 328 g/mol. The first kappa shape index (κ1) is 14.0. The van der Waals surface area contributed by atoms with Gasteiger partial charge in [-0.3, -0.25) is 9.78 Å². The number of rotatable bonds is 2. The summed E-state index contributed by atoms with van der Waals surface area (Å²) in [6, 6.07) is 12.1. The standard InChI is InChI=1S/C17H15BrN2O/c18-16-12-19-9-6-15(16)17(21)20-10-7-14(8-11-20)13-4-2-1-3-5-13/h1-7,9,12H,8,10-11H2. The van der Waals surface area contributed by atoms with Gasteiger partial charge in [-0.1, -0.05) is 36.4 Å². The molecule has 1 aromatic heterocycles. The van der Waals surface area contributed by atoms with Gasteiger partial charge in [-0.05, 0) is 39.6 Å². The second-order valence-electron chi connectivity index (χ2n) is 4.95. The van der Waals surface area contributed by atoms with Crippen LogP contribution in [0.4, 0.5) is 0 Å². The molecule has 2 aromatic rings. The van der Waals surface area contributed by atoms with E-state index < -0.39 is 0 Å². The van der Waals surface area contributed by atoms with E-state index >= 15 is 0 Å². The number of carbonyl (C=O) groups excluding carboxylic acids is 1. The zero-order chi connectivity index (χ0) is 14.7. The Balaban J connectivity index is 1.75. The third-order valence-electron chi connectivity index (χ3n) is 3.64. The predicted octanol–water partition coefficient (Wildman–Crippen LogP) is 3.77. The molecule has 3 nitrogen and oxygen atoms in total. The van der Waals surface area contributed by atoms with Crippen LogP contribution in [0.25, 0.3) is 5.57 Å². The Morgan fingerprint density at radius 1 is 1.19 bits per heavy atom. The molecule has 0 saturated carbocycles. The highest BCUT2D eigenvalue weighted by atomic mass is 79.9. The summed E-state index contributed by atoms with van der Waals surface area (Å²) >= 11 is 3.39. The van der Waals surface area contributed by atoms with Gasteiger partial charge in [0.15, 0.2) is 0 Å². The van der Waals surface area contributed by atoms with Gasteiger partial charge in [0.25, 0.3) is 5.91 Å². The fraction of sp³-hybridized carbons (Fsp3) is 0.176. The summed E-state index contributed by atoms with van der Waals surface area (Å²) in [4.78, 5) is 18.4. The minimum absolute atomic E-state index is 0.0487. The average molecular weight is 343 g/mol. The number of benzene rings is 1. The second-order valence-corrected chi connectivity index (χ2v) is 5.81. The molecule has 4 heteroatoms. The van der Waals surface area contributed by atoms with E-state index in [4.69, 9.17) is 0 Å². The van der Waals surface area contributed by atoms with E-state index in [2.05, 4.69) is 39.1 Å². The van der Waals surface area contributed by atoms with Crippen LogP contribution in [0.3, 0.4) is 0 Å². The normalized spacial score (nSPS) is 14.7. The van der Waals surface area contributed by atoms with E-state index in [1.54, 1.807) is 18.5 Å². The third kappa shape index (κ3) is 3.05. The van der Waals surface area contributed by atoms with Crippen molar-refractivity contribution in [3.8, 4) is 0 Å². The van der Waals surface area contributed by atoms with Gasteiger partial charge in [-0.2, -0.15) is 0 Å². The zero-order valence-electron chi connectivity index (χ0n) is 11.5. The van der Waals surface area contributed by atoms with E-state index in [0.29, 0.717) is 12.1 Å². The molecular formula is C17H15BrN2O. The van der Waals surface area contributed by atoms with Crippen molar-refractivity contribution < 1.29 is 4.79 Å². The number of carbonyl (C=O) groups is 1. The Hall–Kier alpha value is -1.94. The molecule has 1 amide bonds. The van der Waals surface area contributed by atoms with E-state index in [1.165, 1.54) is 11.1 Å². The van der Waals surface area contributed by atoms with E-state index in [1.807, 2.05) is 23.1 Å². The molecule has 1 aliphatic heterocycles. The topological polar surface area (TPSA) is 33.2 Å². The first-order valence-electron chi connectivity index (χ1n) is 6.89. The summed E-state index contributed by atoms with van der Waals surface area (Å²) in [5, 5.41) is 0. The maximum Gasteiger partial charge on any atom is 0.255 e. The van der Waals surface area contributed by atoms with Gasteiger partial charge in [0.1, 0.15) is 0 Å². The number of hydrogen-bond acceptors (Lipinski definition) is 2. The minimum Gasteiger partial charge on any atom is -0.335 e. The molecule has 0 fully saturated rings. The highest BCUT2D eigenvalue weighted by molar-refractivity contribution is 9.10. The van der Waals surface area contributed by atoms with Crippen molar-refractivity contribution in [2.24, 2.45) is 0 Å².